The van der Waals surface area contributed by atoms with Crippen LogP contribution in [0.4, 0.5) is 4.79 Å². The van der Waals surface area contributed by atoms with Gasteiger partial charge in [-0.05, 0) is 12.8 Å². The number of amides is 2. The number of nitrogens with one attached hydrogen (secondary N) is 1. The van der Waals surface area contributed by atoms with E-state index in [1.54, 1.807) is 0 Å². The first kappa shape index (κ1) is 15.3. The van der Waals surface area contributed by atoms with Gasteiger partial charge in [-0.1, -0.05) is 12.8 Å². The van der Waals surface area contributed by atoms with E-state index in [1.807, 2.05) is 0 Å². The Morgan fingerprint density at radius 3 is 2.37 bits per heavy atom. The molecule has 0 radical (unpaired) electrons. The van der Waals surface area contributed by atoms with Crippen LogP contribution in [0.5, 0.6) is 0 Å². The summed E-state index contributed by atoms with van der Waals surface area (Å²) in [6, 6.07) is -0.450. The molecule has 108 valence electrons. The molecule has 7 nitrogen and oxygen atoms in total. The number of likely N-dealkylation sites (N-methyl/N-ethyl adjacent to an activating group) is 1. The van der Waals surface area contributed by atoms with Crippen molar-refractivity contribution in [2.24, 2.45) is 0 Å². The van der Waals surface area contributed by atoms with Crippen molar-refractivity contribution in [1.82, 2.24) is 10.2 Å². The second kappa shape index (κ2) is 6.40. The molecule has 0 atom stereocenters. The first-order valence-electron chi connectivity index (χ1n) is 6.20. The standard InChI is InChI=1S/C12H20N2O5/c1-14(8-10(17)19-2)11(18)13-12(7-9(15)16)5-3-4-6-12/h3-8H2,1-2H3,(H,13,18)(H,15,16). The Labute approximate surface area is 111 Å². The highest BCUT2D eigenvalue weighted by Gasteiger charge is 2.38. The molecule has 1 rings (SSSR count). The number of aliphatic carboxylic acids is 1. The van der Waals surface area contributed by atoms with Gasteiger partial charge in [-0.15, -0.1) is 0 Å². The van der Waals surface area contributed by atoms with Crippen LogP contribution in [-0.4, -0.2) is 54.2 Å². The van der Waals surface area contributed by atoms with Crippen molar-refractivity contribution in [2.45, 2.75) is 37.6 Å². The highest BCUT2D eigenvalue weighted by Crippen LogP contribution is 2.32. The Hall–Kier alpha value is -1.79. The quantitative estimate of drug-likeness (QED) is 0.714. The summed E-state index contributed by atoms with van der Waals surface area (Å²) in [5, 5.41) is 11.7. The van der Waals surface area contributed by atoms with E-state index in [9.17, 15) is 14.4 Å². The number of ether oxygens (including phenoxy) is 1. The van der Waals surface area contributed by atoms with Crippen LogP contribution in [0.25, 0.3) is 0 Å². The van der Waals surface area contributed by atoms with E-state index in [2.05, 4.69) is 10.1 Å². The van der Waals surface area contributed by atoms with Crippen molar-refractivity contribution < 1.29 is 24.2 Å². The van der Waals surface area contributed by atoms with Crippen molar-refractivity contribution >= 4 is 18.0 Å². The predicted octanol–water partition coefficient (Wildman–Crippen LogP) is 0.588. The number of esters is 1. The number of nitrogens with zero attached hydrogens (tertiary/aromatic N) is 1. The smallest absolute Gasteiger partial charge is 0.325 e. The maximum atomic E-state index is 12.0. The van der Waals surface area contributed by atoms with Crippen LogP contribution < -0.4 is 5.32 Å². The van der Waals surface area contributed by atoms with Crippen LogP contribution in [0.3, 0.4) is 0 Å². The third kappa shape index (κ3) is 4.42. The lowest BCUT2D eigenvalue weighted by Crippen LogP contribution is -2.52. The van der Waals surface area contributed by atoms with E-state index < -0.39 is 23.5 Å². The van der Waals surface area contributed by atoms with Gasteiger partial charge in [0.25, 0.3) is 0 Å². The van der Waals surface area contributed by atoms with Gasteiger partial charge in [0, 0.05) is 7.05 Å². The number of carbonyl (C=O) groups excluding carboxylic acids is 2. The van der Waals surface area contributed by atoms with E-state index in [0.29, 0.717) is 12.8 Å². The van der Waals surface area contributed by atoms with Crippen LogP contribution in [-0.2, 0) is 14.3 Å². The fraction of sp³-hybridized carbons (Fsp3) is 0.750. The van der Waals surface area contributed by atoms with Crippen molar-refractivity contribution in [1.29, 1.82) is 0 Å². The maximum Gasteiger partial charge on any atom is 0.325 e. The molecule has 0 aromatic rings. The second-order valence-corrected chi connectivity index (χ2v) is 4.92. The fourth-order valence-corrected chi connectivity index (χ4v) is 2.34. The Morgan fingerprint density at radius 1 is 1.32 bits per heavy atom. The van der Waals surface area contributed by atoms with Gasteiger partial charge in [0.15, 0.2) is 0 Å². The molecule has 0 unspecified atom stereocenters. The van der Waals surface area contributed by atoms with Crippen molar-refractivity contribution in [3.63, 3.8) is 0 Å². The molecule has 0 spiro atoms. The van der Waals surface area contributed by atoms with Gasteiger partial charge in [0.2, 0.25) is 0 Å². The van der Waals surface area contributed by atoms with E-state index in [4.69, 9.17) is 5.11 Å². The Balaban J connectivity index is 2.61. The minimum absolute atomic E-state index is 0.0925. The third-order valence-electron chi connectivity index (χ3n) is 3.36. The zero-order chi connectivity index (χ0) is 14.5. The van der Waals surface area contributed by atoms with Gasteiger partial charge in [0.05, 0.1) is 19.1 Å². The summed E-state index contributed by atoms with van der Waals surface area (Å²) >= 11 is 0. The van der Waals surface area contributed by atoms with E-state index in [1.165, 1.54) is 19.1 Å². The third-order valence-corrected chi connectivity index (χ3v) is 3.36. The zero-order valence-corrected chi connectivity index (χ0v) is 11.3. The SMILES string of the molecule is COC(=O)CN(C)C(=O)NC1(CC(=O)O)CCCC1. The molecular formula is C12H20N2O5. The lowest BCUT2D eigenvalue weighted by molar-refractivity contribution is -0.141. The number of carbonyl (C=O) groups is 3. The summed E-state index contributed by atoms with van der Waals surface area (Å²) in [6.07, 6.45) is 3.00. The monoisotopic (exact) mass is 272 g/mol. The largest absolute Gasteiger partial charge is 0.481 e. The van der Waals surface area contributed by atoms with Gasteiger partial charge in [-0.25, -0.2) is 4.79 Å². The molecule has 2 N–H and O–H groups in total. The molecule has 0 aromatic heterocycles. The summed E-state index contributed by atoms with van der Waals surface area (Å²) in [5.41, 5.74) is -0.687. The zero-order valence-electron chi connectivity index (χ0n) is 11.3. The molecule has 19 heavy (non-hydrogen) atoms. The van der Waals surface area contributed by atoms with E-state index in [0.717, 1.165) is 12.8 Å². The highest BCUT2D eigenvalue weighted by molar-refractivity contribution is 5.81. The van der Waals surface area contributed by atoms with Gasteiger partial charge >= 0.3 is 18.0 Å². The summed E-state index contributed by atoms with van der Waals surface area (Å²) in [5.74, 6) is -1.45. The summed E-state index contributed by atoms with van der Waals surface area (Å²) in [4.78, 5) is 35.1. The summed E-state index contributed by atoms with van der Waals surface area (Å²) < 4.78 is 4.48. The normalized spacial score (nSPS) is 16.7. The molecular weight excluding hydrogens is 252 g/mol. The van der Waals surface area contributed by atoms with Gasteiger partial charge in [-0.2, -0.15) is 0 Å². The van der Waals surface area contributed by atoms with Gasteiger partial charge in [-0.3, -0.25) is 9.59 Å². The average Bonchev–Trinajstić information content (AvgIpc) is 2.75. The number of rotatable bonds is 5. The van der Waals surface area contributed by atoms with Crippen LogP contribution in [0.15, 0.2) is 0 Å². The lowest BCUT2D eigenvalue weighted by atomic mass is 9.93. The van der Waals surface area contributed by atoms with Gasteiger partial charge in [0.1, 0.15) is 6.54 Å². The first-order chi connectivity index (χ1) is 8.88. The topological polar surface area (TPSA) is 95.9 Å². The predicted molar refractivity (Wildman–Crippen MR) is 66.6 cm³/mol. The molecule has 0 heterocycles. The molecule has 0 bridgehead atoms. The number of urea groups is 1. The number of methoxy groups -OCH3 is 1. The molecule has 0 saturated heterocycles. The molecule has 1 aliphatic carbocycles. The fourth-order valence-electron chi connectivity index (χ4n) is 2.34. The molecule has 1 fully saturated rings. The number of hydrogen-bond donors (Lipinski definition) is 2. The van der Waals surface area contributed by atoms with Crippen LogP contribution in [0, 0.1) is 0 Å². The van der Waals surface area contributed by atoms with E-state index in [-0.39, 0.29) is 13.0 Å². The Bertz CT molecular complexity index is 363. The average molecular weight is 272 g/mol. The Kier molecular flexibility index (Phi) is 5.14. The van der Waals surface area contributed by atoms with Crippen molar-refractivity contribution in [2.75, 3.05) is 20.7 Å². The van der Waals surface area contributed by atoms with Crippen LogP contribution >= 0.6 is 0 Å². The molecule has 7 heteroatoms. The van der Waals surface area contributed by atoms with E-state index >= 15 is 0 Å². The second-order valence-electron chi connectivity index (χ2n) is 4.92. The lowest BCUT2D eigenvalue weighted by Gasteiger charge is -2.30. The number of carboxylic acids is 1. The van der Waals surface area contributed by atoms with Crippen molar-refractivity contribution in [3.8, 4) is 0 Å². The molecule has 0 aliphatic heterocycles. The first-order valence-corrected chi connectivity index (χ1v) is 6.20. The van der Waals surface area contributed by atoms with Crippen LogP contribution in [0.2, 0.25) is 0 Å². The molecule has 1 saturated carbocycles. The van der Waals surface area contributed by atoms with Crippen LogP contribution in [0.1, 0.15) is 32.1 Å². The summed E-state index contributed by atoms with van der Waals surface area (Å²) in [7, 11) is 2.71. The molecule has 2 amide bonds. The molecule has 1 aliphatic rings. The summed E-state index contributed by atoms with van der Waals surface area (Å²) in [6.45, 7) is -0.161. The maximum absolute atomic E-state index is 12.0. The Morgan fingerprint density at radius 2 is 1.89 bits per heavy atom. The van der Waals surface area contributed by atoms with Crippen molar-refractivity contribution in [3.05, 3.63) is 0 Å². The minimum atomic E-state index is -0.933. The highest BCUT2D eigenvalue weighted by atomic mass is 16.5. The number of hydrogen-bond acceptors (Lipinski definition) is 4. The van der Waals surface area contributed by atoms with Gasteiger partial charge < -0.3 is 20.1 Å². The molecule has 0 aromatic carbocycles. The number of carboxylic acid groups (broad SMARTS) is 1. The minimum Gasteiger partial charge on any atom is -0.481 e.